The Morgan fingerprint density at radius 2 is 1.44 bits per heavy atom. The van der Waals surface area contributed by atoms with Crippen molar-refractivity contribution >= 4 is 63.7 Å². The first-order chi connectivity index (χ1) is 11.7. The number of halogens is 4. The van der Waals surface area contributed by atoms with Gasteiger partial charge in [0, 0.05) is 5.41 Å². The molecule has 2 aromatic carbocycles. The molecule has 1 aliphatic heterocycles. The Morgan fingerprint density at radius 3 is 1.88 bits per heavy atom. The fourth-order valence-corrected chi connectivity index (χ4v) is 5.09. The molecule has 0 radical (unpaired) electrons. The van der Waals surface area contributed by atoms with E-state index in [1.165, 1.54) is 0 Å². The molecule has 2 aromatic rings. The van der Waals surface area contributed by atoms with Gasteiger partial charge in [0.2, 0.25) is 0 Å². The Hall–Kier alpha value is -0.0800. The Kier molecular flexibility index (Phi) is 5.91. The zero-order valence-corrected chi connectivity index (χ0v) is 19.9. The summed E-state index contributed by atoms with van der Waals surface area (Å²) in [5.41, 5.74) is 1.91. The molecular formula is C18H16Br4O3. The molecule has 7 heteroatoms. The zero-order valence-electron chi connectivity index (χ0n) is 13.6. The van der Waals surface area contributed by atoms with Gasteiger partial charge in [0.15, 0.2) is 0 Å². The summed E-state index contributed by atoms with van der Waals surface area (Å²) in [7, 11) is 0. The van der Waals surface area contributed by atoms with Gasteiger partial charge in [0.1, 0.15) is 24.2 Å². The summed E-state index contributed by atoms with van der Waals surface area (Å²) in [6.45, 7) is 5.61. The van der Waals surface area contributed by atoms with Gasteiger partial charge in [-0.05, 0) is 99.1 Å². The van der Waals surface area contributed by atoms with Crippen molar-refractivity contribution in [2.45, 2.75) is 25.4 Å². The van der Waals surface area contributed by atoms with Crippen LogP contribution in [0.4, 0.5) is 0 Å². The molecular weight excluding hydrogens is 584 g/mol. The van der Waals surface area contributed by atoms with Gasteiger partial charge in [-0.25, -0.2) is 0 Å². The third kappa shape index (κ3) is 4.26. The lowest BCUT2D eigenvalue weighted by Crippen LogP contribution is -2.19. The van der Waals surface area contributed by atoms with Crippen LogP contribution in [0.1, 0.15) is 25.0 Å². The summed E-state index contributed by atoms with van der Waals surface area (Å²) in [6, 6.07) is 8.03. The molecule has 1 unspecified atom stereocenters. The van der Waals surface area contributed by atoms with Gasteiger partial charge >= 0.3 is 0 Å². The van der Waals surface area contributed by atoms with Crippen LogP contribution in [0.15, 0.2) is 42.2 Å². The Morgan fingerprint density at radius 1 is 1.00 bits per heavy atom. The molecule has 0 bridgehead atoms. The van der Waals surface area contributed by atoms with Gasteiger partial charge in [0.25, 0.3) is 0 Å². The van der Waals surface area contributed by atoms with Crippen molar-refractivity contribution in [2.75, 3.05) is 13.2 Å². The minimum atomic E-state index is -0.276. The van der Waals surface area contributed by atoms with Crippen LogP contribution in [0, 0.1) is 0 Å². The summed E-state index contributed by atoms with van der Waals surface area (Å²) in [4.78, 5) is 0. The molecule has 25 heavy (non-hydrogen) atoms. The maximum Gasteiger partial charge on any atom is 0.147 e. The molecule has 0 aromatic heterocycles. The number of phenolic OH excluding ortho intramolecular Hbond substituents is 1. The largest absolute Gasteiger partial charge is 0.506 e. The third-order valence-electron chi connectivity index (χ3n) is 4.27. The Bertz CT molecular complexity index is 770. The summed E-state index contributed by atoms with van der Waals surface area (Å²) in [6.07, 6.45) is 0.210. The predicted octanol–water partition coefficient (Wildman–Crippen LogP) is 6.55. The van der Waals surface area contributed by atoms with Crippen LogP contribution in [0.3, 0.4) is 0 Å². The van der Waals surface area contributed by atoms with Gasteiger partial charge < -0.3 is 14.6 Å². The van der Waals surface area contributed by atoms with Crippen LogP contribution in [0.5, 0.6) is 11.5 Å². The first kappa shape index (κ1) is 19.7. The standard InChI is InChI=1S/C18H16Br4O3/c1-18(2,9-3-12(19)16(23)13(20)4-9)10-5-14(21)17(15(22)6-10)25-8-11-7-24-11/h3-6,11,23H,7-8H2,1-2H3. The molecule has 1 aliphatic rings. The average Bonchev–Trinajstić information content (AvgIpc) is 3.35. The SMILES string of the molecule is CC(C)(c1cc(Br)c(O)c(Br)c1)c1cc(Br)c(OCC2CO2)c(Br)c1. The highest BCUT2D eigenvalue weighted by Crippen LogP contribution is 2.43. The van der Waals surface area contributed by atoms with Crippen LogP contribution < -0.4 is 4.74 Å². The minimum absolute atomic E-state index is 0.202. The molecule has 0 aliphatic carbocycles. The van der Waals surface area contributed by atoms with Crippen molar-refractivity contribution in [1.82, 2.24) is 0 Å². The van der Waals surface area contributed by atoms with Crippen LogP contribution in [0.25, 0.3) is 0 Å². The van der Waals surface area contributed by atoms with Gasteiger partial charge in [-0.1, -0.05) is 13.8 Å². The molecule has 3 rings (SSSR count). The number of ether oxygens (including phenoxy) is 2. The number of hydrogen-bond donors (Lipinski definition) is 1. The zero-order chi connectivity index (χ0) is 18.4. The highest BCUT2D eigenvalue weighted by atomic mass is 79.9. The number of hydrogen-bond acceptors (Lipinski definition) is 3. The number of rotatable bonds is 5. The highest BCUT2D eigenvalue weighted by Gasteiger charge is 2.28. The van der Waals surface area contributed by atoms with E-state index < -0.39 is 0 Å². The lowest BCUT2D eigenvalue weighted by molar-refractivity contribution is 0.260. The summed E-state index contributed by atoms with van der Waals surface area (Å²) in [5.74, 6) is 0.982. The average molecular weight is 600 g/mol. The van der Waals surface area contributed by atoms with Gasteiger partial charge in [-0.15, -0.1) is 0 Å². The van der Waals surface area contributed by atoms with Gasteiger partial charge in [-0.3, -0.25) is 0 Å². The maximum absolute atomic E-state index is 9.97. The number of aromatic hydroxyl groups is 1. The van der Waals surface area contributed by atoms with E-state index in [4.69, 9.17) is 9.47 Å². The molecule has 1 atom stereocenters. The van der Waals surface area contributed by atoms with Crippen LogP contribution in [-0.4, -0.2) is 24.4 Å². The first-order valence-corrected chi connectivity index (χ1v) is 10.8. The van der Waals surface area contributed by atoms with E-state index in [1.807, 2.05) is 12.1 Å². The van der Waals surface area contributed by atoms with Crippen molar-refractivity contribution in [2.24, 2.45) is 0 Å². The molecule has 1 heterocycles. The second-order valence-electron chi connectivity index (χ2n) is 6.45. The van der Waals surface area contributed by atoms with Crippen LogP contribution >= 0.6 is 63.7 Å². The van der Waals surface area contributed by atoms with E-state index in [9.17, 15) is 5.11 Å². The molecule has 1 N–H and O–H groups in total. The van der Waals surface area contributed by atoms with Crippen molar-refractivity contribution in [3.8, 4) is 11.5 Å². The molecule has 134 valence electrons. The number of benzene rings is 2. The second kappa shape index (κ2) is 7.50. The highest BCUT2D eigenvalue weighted by molar-refractivity contribution is 9.11. The smallest absolute Gasteiger partial charge is 0.147 e. The summed E-state index contributed by atoms with van der Waals surface area (Å²) in [5, 5.41) is 9.97. The van der Waals surface area contributed by atoms with Crippen molar-refractivity contribution in [3.63, 3.8) is 0 Å². The molecule has 1 saturated heterocycles. The maximum atomic E-state index is 9.97. The van der Waals surface area contributed by atoms with Crippen LogP contribution in [0.2, 0.25) is 0 Å². The second-order valence-corrected chi connectivity index (χ2v) is 9.87. The van der Waals surface area contributed by atoms with E-state index in [1.54, 1.807) is 0 Å². The van der Waals surface area contributed by atoms with E-state index in [0.717, 1.165) is 32.4 Å². The fraction of sp³-hybridized carbons (Fsp3) is 0.333. The minimum Gasteiger partial charge on any atom is -0.506 e. The predicted molar refractivity (Wildman–Crippen MR) is 113 cm³/mol. The molecule has 0 amide bonds. The number of epoxide rings is 1. The quantitative estimate of drug-likeness (QED) is 0.397. The van der Waals surface area contributed by atoms with Gasteiger partial charge in [-0.2, -0.15) is 0 Å². The number of phenols is 1. The molecule has 3 nitrogen and oxygen atoms in total. The fourth-order valence-electron chi connectivity index (χ4n) is 2.49. The molecule has 1 fully saturated rings. The summed E-state index contributed by atoms with van der Waals surface area (Å²) < 4.78 is 14.1. The van der Waals surface area contributed by atoms with Crippen molar-refractivity contribution < 1.29 is 14.6 Å². The van der Waals surface area contributed by atoms with E-state index >= 15 is 0 Å². The lowest BCUT2D eigenvalue weighted by Gasteiger charge is -2.28. The normalized spacial score (nSPS) is 16.8. The van der Waals surface area contributed by atoms with Crippen LogP contribution in [-0.2, 0) is 10.2 Å². The first-order valence-electron chi connectivity index (χ1n) is 7.62. The molecule has 0 spiro atoms. The third-order valence-corrected chi connectivity index (χ3v) is 6.66. The Balaban J connectivity index is 1.96. The van der Waals surface area contributed by atoms with E-state index in [-0.39, 0.29) is 17.3 Å². The van der Waals surface area contributed by atoms with Crippen molar-refractivity contribution in [3.05, 3.63) is 53.3 Å². The summed E-state index contributed by atoms with van der Waals surface area (Å²) >= 11 is 14.1. The van der Waals surface area contributed by atoms with Gasteiger partial charge in [0.05, 0.1) is 24.5 Å². The van der Waals surface area contributed by atoms with E-state index in [0.29, 0.717) is 15.6 Å². The Labute approximate surface area is 180 Å². The van der Waals surface area contributed by atoms with E-state index in [2.05, 4.69) is 89.7 Å². The molecule has 0 saturated carbocycles. The monoisotopic (exact) mass is 596 g/mol. The van der Waals surface area contributed by atoms with Crippen molar-refractivity contribution in [1.29, 1.82) is 0 Å². The lowest BCUT2D eigenvalue weighted by atomic mass is 9.78. The topological polar surface area (TPSA) is 42.0 Å².